The minimum Gasteiger partial charge on any atom is -0.465 e. The Morgan fingerprint density at radius 3 is 2.17 bits per heavy atom. The third-order valence-corrected chi connectivity index (χ3v) is 4.60. The minimum atomic E-state index is -0.824. The van der Waals surface area contributed by atoms with Gasteiger partial charge in [0.1, 0.15) is 19.2 Å². The molecule has 7 heteroatoms. The molecule has 0 saturated carbocycles. The zero-order chi connectivity index (χ0) is 21.3. The molecule has 0 radical (unpaired) electrons. The molecule has 30 heavy (non-hydrogen) atoms. The van der Waals surface area contributed by atoms with E-state index in [-0.39, 0.29) is 25.7 Å². The van der Waals surface area contributed by atoms with Gasteiger partial charge in [0.2, 0.25) is 0 Å². The molecule has 1 atom stereocenters. The van der Waals surface area contributed by atoms with Crippen molar-refractivity contribution in [3.63, 3.8) is 0 Å². The van der Waals surface area contributed by atoms with E-state index < -0.39 is 18.1 Å². The van der Waals surface area contributed by atoms with E-state index in [0.717, 1.165) is 11.1 Å². The molecular weight excluding hydrogens is 384 g/mol. The fraction of sp³-hybridized carbons (Fsp3) is 0.261. The molecule has 1 aliphatic heterocycles. The van der Waals surface area contributed by atoms with Gasteiger partial charge in [-0.1, -0.05) is 60.7 Å². The number of carbonyl (C=O) groups excluding carboxylic acids is 3. The second-order valence-corrected chi connectivity index (χ2v) is 6.72. The highest BCUT2D eigenvalue weighted by molar-refractivity contribution is 5.91. The molecule has 1 heterocycles. The van der Waals surface area contributed by atoms with E-state index in [1.807, 2.05) is 60.7 Å². The maximum atomic E-state index is 13.1. The van der Waals surface area contributed by atoms with Crippen molar-refractivity contribution in [3.8, 4) is 0 Å². The van der Waals surface area contributed by atoms with Crippen LogP contribution < -0.4 is 0 Å². The summed E-state index contributed by atoms with van der Waals surface area (Å²) in [5.41, 5.74) is 1.74. The Morgan fingerprint density at radius 2 is 1.53 bits per heavy atom. The smallest absolute Gasteiger partial charge is 0.414 e. The lowest BCUT2D eigenvalue weighted by molar-refractivity contribution is -0.149. The van der Waals surface area contributed by atoms with Gasteiger partial charge in [0, 0.05) is 18.8 Å². The van der Waals surface area contributed by atoms with E-state index >= 15 is 0 Å². The number of esters is 1. The molecule has 2 amide bonds. The molecule has 0 bridgehead atoms. The van der Waals surface area contributed by atoms with Gasteiger partial charge in [-0.3, -0.25) is 14.5 Å². The molecule has 0 aliphatic carbocycles. The molecule has 2 aromatic rings. The van der Waals surface area contributed by atoms with Gasteiger partial charge in [-0.2, -0.15) is 0 Å². The summed E-state index contributed by atoms with van der Waals surface area (Å²) in [6, 6.07) is 17.9. The molecule has 0 saturated heterocycles. The second-order valence-electron chi connectivity index (χ2n) is 6.72. The van der Waals surface area contributed by atoms with Gasteiger partial charge in [-0.05, 0) is 18.1 Å². The number of ether oxygens (including phenoxy) is 2. The third kappa shape index (κ3) is 5.47. The van der Waals surface area contributed by atoms with Gasteiger partial charge < -0.3 is 14.4 Å². The van der Waals surface area contributed by atoms with E-state index in [9.17, 15) is 14.4 Å². The Morgan fingerprint density at radius 1 is 0.900 bits per heavy atom. The van der Waals surface area contributed by atoms with Crippen molar-refractivity contribution in [2.45, 2.75) is 26.0 Å². The zero-order valence-electron chi connectivity index (χ0n) is 16.8. The average molecular weight is 408 g/mol. The number of benzene rings is 2. The van der Waals surface area contributed by atoms with Crippen LogP contribution in [0.1, 0.15) is 18.1 Å². The predicted octanol–water partition coefficient (Wildman–Crippen LogP) is 3.11. The topological polar surface area (TPSA) is 76.2 Å². The lowest BCUT2D eigenvalue weighted by Gasteiger charge is -2.34. The van der Waals surface area contributed by atoms with Crippen LogP contribution >= 0.6 is 0 Å². The average Bonchev–Trinajstić information content (AvgIpc) is 2.76. The predicted molar refractivity (Wildman–Crippen MR) is 110 cm³/mol. The highest BCUT2D eigenvalue weighted by Gasteiger charge is 2.36. The van der Waals surface area contributed by atoms with Crippen LogP contribution in [0.3, 0.4) is 0 Å². The van der Waals surface area contributed by atoms with E-state index in [1.54, 1.807) is 6.92 Å². The minimum absolute atomic E-state index is 0.100. The summed E-state index contributed by atoms with van der Waals surface area (Å²) in [6.07, 6.45) is 2.55. The molecular formula is C23H24N2O5. The SMILES string of the molecule is CCOC(=O)CN1C=CN(C(=O)OCc2ccccc2)[C@@H](Cc2ccccc2)C1=O. The van der Waals surface area contributed by atoms with E-state index in [2.05, 4.69) is 0 Å². The fourth-order valence-corrected chi connectivity index (χ4v) is 3.12. The monoisotopic (exact) mass is 408 g/mol. The van der Waals surface area contributed by atoms with Crippen LogP contribution in [-0.2, 0) is 32.1 Å². The standard InChI is InChI=1S/C23H24N2O5/c1-2-29-21(26)16-24-13-14-25(23(28)30-17-19-11-7-4-8-12-19)20(22(24)27)15-18-9-5-3-6-10-18/h3-14,20H,2,15-17H2,1H3/t20-/m0/s1. The number of nitrogens with zero attached hydrogens (tertiary/aromatic N) is 2. The molecule has 0 spiro atoms. The number of amides is 2. The van der Waals surface area contributed by atoms with Gasteiger partial charge in [-0.15, -0.1) is 0 Å². The lowest BCUT2D eigenvalue weighted by Crippen LogP contribution is -2.53. The summed E-state index contributed by atoms with van der Waals surface area (Å²) in [4.78, 5) is 40.2. The molecule has 2 aromatic carbocycles. The van der Waals surface area contributed by atoms with Crippen LogP contribution in [0.2, 0.25) is 0 Å². The molecule has 3 rings (SSSR count). The molecule has 0 N–H and O–H groups in total. The molecule has 0 unspecified atom stereocenters. The van der Waals surface area contributed by atoms with Crippen molar-refractivity contribution >= 4 is 18.0 Å². The second kappa shape index (κ2) is 10.2. The first kappa shape index (κ1) is 21.1. The van der Waals surface area contributed by atoms with E-state index in [0.29, 0.717) is 6.42 Å². The van der Waals surface area contributed by atoms with Crippen LogP contribution in [0.4, 0.5) is 4.79 Å². The third-order valence-electron chi connectivity index (χ3n) is 4.60. The maximum absolute atomic E-state index is 13.1. The summed E-state index contributed by atoms with van der Waals surface area (Å²) in [7, 11) is 0. The molecule has 0 fully saturated rings. The van der Waals surface area contributed by atoms with Gasteiger partial charge in [-0.25, -0.2) is 4.79 Å². The quantitative estimate of drug-likeness (QED) is 0.658. The van der Waals surface area contributed by atoms with Gasteiger partial charge in [0.05, 0.1) is 6.61 Å². The van der Waals surface area contributed by atoms with Crippen molar-refractivity contribution in [1.29, 1.82) is 0 Å². The summed E-state index contributed by atoms with van der Waals surface area (Å²) in [6.45, 7) is 1.83. The Kier molecular flexibility index (Phi) is 7.21. The Bertz CT molecular complexity index is 898. The fourth-order valence-electron chi connectivity index (χ4n) is 3.12. The molecule has 0 aromatic heterocycles. The van der Waals surface area contributed by atoms with Crippen LogP contribution in [0, 0.1) is 0 Å². The molecule has 1 aliphatic rings. The number of hydrogen-bond donors (Lipinski definition) is 0. The Labute approximate surface area is 175 Å². The summed E-state index contributed by atoms with van der Waals surface area (Å²) >= 11 is 0. The van der Waals surface area contributed by atoms with Gasteiger partial charge >= 0.3 is 12.1 Å². The van der Waals surface area contributed by atoms with Crippen molar-refractivity contribution < 1.29 is 23.9 Å². The van der Waals surface area contributed by atoms with Crippen molar-refractivity contribution in [2.75, 3.05) is 13.2 Å². The van der Waals surface area contributed by atoms with Crippen LogP contribution in [0.5, 0.6) is 0 Å². The van der Waals surface area contributed by atoms with Crippen molar-refractivity contribution in [2.24, 2.45) is 0 Å². The van der Waals surface area contributed by atoms with Crippen LogP contribution in [0.15, 0.2) is 73.1 Å². The number of carbonyl (C=O) groups is 3. The van der Waals surface area contributed by atoms with Crippen molar-refractivity contribution in [1.82, 2.24) is 9.80 Å². The first-order valence-corrected chi connectivity index (χ1v) is 9.76. The Hall–Kier alpha value is -3.61. The van der Waals surface area contributed by atoms with E-state index in [4.69, 9.17) is 9.47 Å². The molecule has 156 valence electrons. The van der Waals surface area contributed by atoms with E-state index in [1.165, 1.54) is 22.2 Å². The summed E-state index contributed by atoms with van der Waals surface area (Å²) in [5.74, 6) is -0.875. The summed E-state index contributed by atoms with van der Waals surface area (Å²) < 4.78 is 10.3. The normalized spacial score (nSPS) is 15.8. The van der Waals surface area contributed by atoms with Crippen LogP contribution in [0.25, 0.3) is 0 Å². The first-order valence-electron chi connectivity index (χ1n) is 9.76. The number of rotatable bonds is 7. The highest BCUT2D eigenvalue weighted by atomic mass is 16.6. The zero-order valence-corrected chi connectivity index (χ0v) is 16.8. The maximum Gasteiger partial charge on any atom is 0.414 e. The summed E-state index contributed by atoms with van der Waals surface area (Å²) in [5, 5.41) is 0. The molecule has 7 nitrogen and oxygen atoms in total. The lowest BCUT2D eigenvalue weighted by atomic mass is 10.0. The first-order chi connectivity index (χ1) is 14.6. The number of hydrogen-bond acceptors (Lipinski definition) is 5. The largest absolute Gasteiger partial charge is 0.465 e. The van der Waals surface area contributed by atoms with Crippen LogP contribution in [-0.4, -0.2) is 47.0 Å². The van der Waals surface area contributed by atoms with Gasteiger partial charge in [0.15, 0.2) is 0 Å². The van der Waals surface area contributed by atoms with Crippen molar-refractivity contribution in [3.05, 3.63) is 84.2 Å². The highest BCUT2D eigenvalue weighted by Crippen LogP contribution is 2.19. The van der Waals surface area contributed by atoms with Gasteiger partial charge in [0.25, 0.3) is 5.91 Å². The Balaban J connectivity index is 1.76.